The second kappa shape index (κ2) is 6.38. The van der Waals surface area contributed by atoms with Crippen LogP contribution in [0.2, 0.25) is 0 Å². The van der Waals surface area contributed by atoms with E-state index in [0.29, 0.717) is 13.2 Å². The van der Waals surface area contributed by atoms with E-state index in [1.165, 1.54) is 6.08 Å². The van der Waals surface area contributed by atoms with E-state index in [0.717, 1.165) is 24.3 Å². The van der Waals surface area contributed by atoms with Crippen LogP contribution >= 0.6 is 0 Å². The van der Waals surface area contributed by atoms with E-state index in [9.17, 15) is 4.79 Å². The van der Waals surface area contributed by atoms with Gasteiger partial charge in [-0.25, -0.2) is 0 Å². The first-order chi connectivity index (χ1) is 9.22. The van der Waals surface area contributed by atoms with Gasteiger partial charge in [0.15, 0.2) is 0 Å². The van der Waals surface area contributed by atoms with Crippen LogP contribution in [0.4, 0.5) is 0 Å². The maximum atomic E-state index is 11.5. The molecule has 0 saturated carbocycles. The maximum absolute atomic E-state index is 11.5. The molecule has 102 valence electrons. The molecule has 1 amide bonds. The Morgan fingerprint density at radius 3 is 3.16 bits per heavy atom. The van der Waals surface area contributed by atoms with E-state index < -0.39 is 0 Å². The minimum Gasteiger partial charge on any atom is -0.497 e. The minimum atomic E-state index is -0.0209. The molecule has 1 aromatic carbocycles. The summed E-state index contributed by atoms with van der Waals surface area (Å²) < 4.78 is 11.0. The van der Waals surface area contributed by atoms with Crippen LogP contribution in [0.1, 0.15) is 12.0 Å². The van der Waals surface area contributed by atoms with E-state index in [2.05, 4.69) is 6.58 Å². The normalized spacial score (nSPS) is 18.4. The van der Waals surface area contributed by atoms with Crippen molar-refractivity contribution in [1.82, 2.24) is 4.90 Å². The summed E-state index contributed by atoms with van der Waals surface area (Å²) in [6.07, 6.45) is 2.34. The van der Waals surface area contributed by atoms with Gasteiger partial charge in [0.1, 0.15) is 5.75 Å². The van der Waals surface area contributed by atoms with Gasteiger partial charge in [-0.1, -0.05) is 18.7 Å². The summed E-state index contributed by atoms with van der Waals surface area (Å²) in [6.45, 7) is 5.43. The van der Waals surface area contributed by atoms with Crippen molar-refractivity contribution in [2.24, 2.45) is 0 Å². The molecule has 0 bridgehead atoms. The van der Waals surface area contributed by atoms with E-state index >= 15 is 0 Å². The molecule has 0 N–H and O–H groups in total. The van der Waals surface area contributed by atoms with Crippen LogP contribution in [0.25, 0.3) is 0 Å². The standard InChI is InChI=1S/C15H19NO3/c1-3-15(17)16-8-7-14(10-16)19-11-12-5-4-6-13(9-12)18-2/h3-6,9,14H,1,7-8,10-11H2,2H3. The molecule has 1 aliphatic heterocycles. The summed E-state index contributed by atoms with van der Waals surface area (Å²) >= 11 is 0. The molecule has 1 unspecified atom stereocenters. The van der Waals surface area contributed by atoms with Gasteiger partial charge in [0, 0.05) is 13.1 Å². The third kappa shape index (κ3) is 3.58. The number of ether oxygens (including phenoxy) is 2. The van der Waals surface area contributed by atoms with Gasteiger partial charge in [-0.15, -0.1) is 0 Å². The second-order valence-electron chi connectivity index (χ2n) is 4.56. The average Bonchev–Trinajstić information content (AvgIpc) is 2.93. The molecule has 1 heterocycles. The Kier molecular flexibility index (Phi) is 4.58. The van der Waals surface area contributed by atoms with Gasteiger partial charge < -0.3 is 14.4 Å². The van der Waals surface area contributed by atoms with Crippen LogP contribution in [0, 0.1) is 0 Å². The Bertz CT molecular complexity index is 458. The van der Waals surface area contributed by atoms with Crippen molar-refractivity contribution in [3.05, 3.63) is 42.5 Å². The van der Waals surface area contributed by atoms with Gasteiger partial charge in [0.25, 0.3) is 0 Å². The van der Waals surface area contributed by atoms with Crippen LogP contribution < -0.4 is 4.74 Å². The second-order valence-corrected chi connectivity index (χ2v) is 4.56. The largest absolute Gasteiger partial charge is 0.497 e. The topological polar surface area (TPSA) is 38.8 Å². The zero-order chi connectivity index (χ0) is 13.7. The van der Waals surface area contributed by atoms with Gasteiger partial charge in [-0.3, -0.25) is 4.79 Å². The zero-order valence-electron chi connectivity index (χ0n) is 11.2. The van der Waals surface area contributed by atoms with Crippen molar-refractivity contribution in [3.63, 3.8) is 0 Å². The Balaban J connectivity index is 1.83. The van der Waals surface area contributed by atoms with E-state index in [1.807, 2.05) is 24.3 Å². The van der Waals surface area contributed by atoms with E-state index in [4.69, 9.17) is 9.47 Å². The average molecular weight is 261 g/mol. The minimum absolute atomic E-state index is 0.0209. The number of likely N-dealkylation sites (tertiary alicyclic amines) is 1. The molecule has 1 saturated heterocycles. The SMILES string of the molecule is C=CC(=O)N1CCC(OCc2cccc(OC)c2)C1. The summed E-state index contributed by atoms with van der Waals surface area (Å²) in [5.41, 5.74) is 1.08. The number of carbonyl (C=O) groups excluding carboxylic acids is 1. The van der Waals surface area contributed by atoms with Gasteiger partial charge in [-0.2, -0.15) is 0 Å². The molecule has 1 aromatic rings. The van der Waals surface area contributed by atoms with Crippen LogP contribution in [0.3, 0.4) is 0 Å². The van der Waals surface area contributed by atoms with Crippen LogP contribution in [0.5, 0.6) is 5.75 Å². The predicted molar refractivity (Wildman–Crippen MR) is 73.0 cm³/mol. The first kappa shape index (κ1) is 13.6. The Hall–Kier alpha value is -1.81. The van der Waals surface area contributed by atoms with Crippen molar-refractivity contribution in [2.45, 2.75) is 19.1 Å². The van der Waals surface area contributed by atoms with Gasteiger partial charge in [0.2, 0.25) is 5.91 Å². The van der Waals surface area contributed by atoms with Crippen LogP contribution in [-0.2, 0) is 16.1 Å². The lowest BCUT2D eigenvalue weighted by molar-refractivity contribution is -0.125. The fourth-order valence-electron chi connectivity index (χ4n) is 2.17. The molecule has 2 rings (SSSR count). The summed E-state index contributed by atoms with van der Waals surface area (Å²) in [5.74, 6) is 0.809. The first-order valence-corrected chi connectivity index (χ1v) is 6.39. The summed E-state index contributed by atoms with van der Waals surface area (Å²) in [5, 5.41) is 0. The van der Waals surface area contributed by atoms with Crippen molar-refractivity contribution in [2.75, 3.05) is 20.2 Å². The molecule has 19 heavy (non-hydrogen) atoms. The van der Waals surface area contributed by atoms with Crippen molar-refractivity contribution in [3.8, 4) is 5.75 Å². The molecule has 4 nitrogen and oxygen atoms in total. The number of hydrogen-bond acceptors (Lipinski definition) is 3. The van der Waals surface area contributed by atoms with Crippen LogP contribution in [0.15, 0.2) is 36.9 Å². The van der Waals surface area contributed by atoms with Crippen molar-refractivity contribution < 1.29 is 14.3 Å². The number of nitrogens with zero attached hydrogens (tertiary/aromatic N) is 1. The lowest BCUT2D eigenvalue weighted by atomic mass is 10.2. The molecule has 1 aliphatic rings. The summed E-state index contributed by atoms with van der Waals surface area (Å²) in [4.78, 5) is 13.2. The number of benzene rings is 1. The number of carbonyl (C=O) groups is 1. The Labute approximate surface area is 113 Å². The molecule has 0 radical (unpaired) electrons. The summed E-state index contributed by atoms with van der Waals surface area (Å²) in [7, 11) is 1.65. The molecule has 1 atom stereocenters. The monoisotopic (exact) mass is 261 g/mol. The third-order valence-corrected chi connectivity index (χ3v) is 3.25. The van der Waals surface area contributed by atoms with Gasteiger partial charge in [-0.05, 0) is 30.2 Å². The van der Waals surface area contributed by atoms with Gasteiger partial charge in [0.05, 0.1) is 19.8 Å². The van der Waals surface area contributed by atoms with Crippen molar-refractivity contribution >= 4 is 5.91 Å². The van der Waals surface area contributed by atoms with E-state index in [-0.39, 0.29) is 12.0 Å². The lowest BCUT2D eigenvalue weighted by Gasteiger charge is -2.15. The molecule has 0 aliphatic carbocycles. The first-order valence-electron chi connectivity index (χ1n) is 6.39. The molecule has 4 heteroatoms. The van der Waals surface area contributed by atoms with Gasteiger partial charge >= 0.3 is 0 Å². The molecular formula is C15H19NO3. The zero-order valence-corrected chi connectivity index (χ0v) is 11.2. The summed E-state index contributed by atoms with van der Waals surface area (Å²) in [6, 6.07) is 7.81. The molecule has 0 spiro atoms. The third-order valence-electron chi connectivity index (χ3n) is 3.25. The number of amides is 1. The lowest BCUT2D eigenvalue weighted by Crippen LogP contribution is -2.28. The number of rotatable bonds is 5. The highest BCUT2D eigenvalue weighted by molar-refractivity contribution is 5.87. The molecule has 1 fully saturated rings. The van der Waals surface area contributed by atoms with Crippen LogP contribution in [-0.4, -0.2) is 37.1 Å². The Morgan fingerprint density at radius 1 is 1.58 bits per heavy atom. The predicted octanol–water partition coefficient (Wildman–Crippen LogP) is 2.00. The number of methoxy groups -OCH3 is 1. The fraction of sp³-hybridized carbons (Fsp3) is 0.400. The highest BCUT2D eigenvalue weighted by Crippen LogP contribution is 2.17. The maximum Gasteiger partial charge on any atom is 0.246 e. The molecule has 0 aromatic heterocycles. The van der Waals surface area contributed by atoms with Crippen molar-refractivity contribution in [1.29, 1.82) is 0 Å². The smallest absolute Gasteiger partial charge is 0.246 e. The molecular weight excluding hydrogens is 242 g/mol. The Morgan fingerprint density at radius 2 is 2.42 bits per heavy atom. The highest BCUT2D eigenvalue weighted by atomic mass is 16.5. The highest BCUT2D eigenvalue weighted by Gasteiger charge is 2.25. The van der Waals surface area contributed by atoms with E-state index in [1.54, 1.807) is 12.0 Å². The quantitative estimate of drug-likeness (QED) is 0.761. The number of hydrogen-bond donors (Lipinski definition) is 0. The fourth-order valence-corrected chi connectivity index (χ4v) is 2.17.